The fourth-order valence-corrected chi connectivity index (χ4v) is 2.89. The molecular weight excluding hydrogens is 298 g/mol. The van der Waals surface area contributed by atoms with Crippen LogP contribution in [0, 0.1) is 13.8 Å². The molecule has 1 N–H and O–H groups in total. The topological polar surface area (TPSA) is 72.2 Å². The van der Waals surface area contributed by atoms with Crippen LogP contribution in [0.25, 0.3) is 4.96 Å². The van der Waals surface area contributed by atoms with Crippen molar-refractivity contribution in [3.8, 4) is 0 Å². The Bertz CT molecular complexity index is 849. The standard InChI is InChI=1S/C15H17N5OS/c1-8(2)12-17-18-15-20(12)19-14(22-15)13(21)16-11-7-5-6-9(3)10(11)4/h5-8H,1-4H3,(H,16,21). The summed E-state index contributed by atoms with van der Waals surface area (Å²) in [5.41, 5.74) is 3.00. The summed E-state index contributed by atoms with van der Waals surface area (Å²) in [5, 5.41) is 15.8. The smallest absolute Gasteiger partial charge is 0.286 e. The summed E-state index contributed by atoms with van der Waals surface area (Å²) in [6.45, 7) is 8.04. The first kappa shape index (κ1) is 14.6. The Kier molecular flexibility index (Phi) is 3.66. The third-order valence-electron chi connectivity index (χ3n) is 3.58. The van der Waals surface area contributed by atoms with E-state index in [9.17, 15) is 4.79 Å². The predicted molar refractivity (Wildman–Crippen MR) is 86.6 cm³/mol. The van der Waals surface area contributed by atoms with Crippen molar-refractivity contribution in [1.29, 1.82) is 0 Å². The molecule has 0 spiro atoms. The molecule has 2 aromatic heterocycles. The number of amides is 1. The van der Waals surface area contributed by atoms with E-state index in [4.69, 9.17) is 0 Å². The molecule has 0 saturated carbocycles. The Hall–Kier alpha value is -2.28. The first-order chi connectivity index (χ1) is 10.5. The number of carbonyl (C=O) groups excluding carboxylic acids is 1. The average Bonchev–Trinajstić information content (AvgIpc) is 3.03. The second-order valence-electron chi connectivity index (χ2n) is 5.52. The zero-order valence-corrected chi connectivity index (χ0v) is 13.7. The van der Waals surface area contributed by atoms with Crippen LogP contribution in [0.3, 0.4) is 0 Å². The number of aromatic nitrogens is 4. The molecule has 0 aliphatic rings. The van der Waals surface area contributed by atoms with Gasteiger partial charge in [-0.3, -0.25) is 4.79 Å². The maximum absolute atomic E-state index is 12.4. The van der Waals surface area contributed by atoms with Gasteiger partial charge in [0, 0.05) is 11.6 Å². The third-order valence-corrected chi connectivity index (χ3v) is 4.48. The van der Waals surface area contributed by atoms with E-state index in [1.54, 1.807) is 4.52 Å². The van der Waals surface area contributed by atoms with Gasteiger partial charge in [-0.25, -0.2) is 0 Å². The average molecular weight is 315 g/mol. The maximum atomic E-state index is 12.4. The normalized spacial score (nSPS) is 11.3. The highest BCUT2D eigenvalue weighted by molar-refractivity contribution is 7.18. The van der Waals surface area contributed by atoms with E-state index >= 15 is 0 Å². The molecule has 0 radical (unpaired) electrons. The highest BCUT2D eigenvalue weighted by Crippen LogP contribution is 2.22. The molecule has 0 aliphatic carbocycles. The van der Waals surface area contributed by atoms with Crippen LogP contribution >= 0.6 is 11.3 Å². The van der Waals surface area contributed by atoms with Gasteiger partial charge in [0.15, 0.2) is 5.82 Å². The van der Waals surface area contributed by atoms with Gasteiger partial charge in [-0.05, 0) is 31.0 Å². The molecule has 114 valence electrons. The van der Waals surface area contributed by atoms with E-state index in [0.717, 1.165) is 22.6 Å². The van der Waals surface area contributed by atoms with Gasteiger partial charge in [-0.1, -0.05) is 37.3 Å². The molecule has 0 bridgehead atoms. The van der Waals surface area contributed by atoms with Gasteiger partial charge < -0.3 is 5.32 Å². The molecule has 0 unspecified atom stereocenters. The lowest BCUT2D eigenvalue weighted by atomic mass is 10.1. The molecule has 2 heterocycles. The van der Waals surface area contributed by atoms with Crippen molar-refractivity contribution >= 4 is 27.9 Å². The lowest BCUT2D eigenvalue weighted by Gasteiger charge is -2.08. The summed E-state index contributed by atoms with van der Waals surface area (Å²) in [5.74, 6) is 0.739. The molecule has 1 aromatic carbocycles. The molecular formula is C15H17N5OS. The Balaban J connectivity index is 1.91. The molecule has 0 atom stereocenters. The molecule has 7 heteroatoms. The fraction of sp³-hybridized carbons (Fsp3) is 0.333. The molecule has 3 aromatic rings. The van der Waals surface area contributed by atoms with Crippen LogP contribution in [0.1, 0.15) is 46.5 Å². The van der Waals surface area contributed by atoms with Gasteiger partial charge in [-0.2, -0.15) is 4.52 Å². The quantitative estimate of drug-likeness (QED) is 0.805. The van der Waals surface area contributed by atoms with Crippen LogP contribution < -0.4 is 5.32 Å². The maximum Gasteiger partial charge on any atom is 0.286 e. The Morgan fingerprint density at radius 3 is 2.77 bits per heavy atom. The lowest BCUT2D eigenvalue weighted by Crippen LogP contribution is -2.13. The minimum atomic E-state index is -0.223. The largest absolute Gasteiger partial charge is 0.320 e. The number of nitrogens with one attached hydrogen (secondary N) is 1. The summed E-state index contributed by atoms with van der Waals surface area (Å²) >= 11 is 1.24. The zero-order chi connectivity index (χ0) is 15.9. The molecule has 22 heavy (non-hydrogen) atoms. The summed E-state index contributed by atoms with van der Waals surface area (Å²) in [4.78, 5) is 13.0. The second kappa shape index (κ2) is 5.49. The first-order valence-electron chi connectivity index (χ1n) is 7.07. The Labute approximate surface area is 132 Å². The van der Waals surface area contributed by atoms with E-state index in [-0.39, 0.29) is 11.8 Å². The van der Waals surface area contributed by atoms with Crippen LogP contribution in [0.2, 0.25) is 0 Å². The van der Waals surface area contributed by atoms with Gasteiger partial charge in [0.2, 0.25) is 9.97 Å². The number of carbonyl (C=O) groups is 1. The summed E-state index contributed by atoms with van der Waals surface area (Å²) in [7, 11) is 0. The SMILES string of the molecule is Cc1cccc(NC(=O)c2nn3c(C(C)C)nnc3s2)c1C. The van der Waals surface area contributed by atoms with Crippen molar-refractivity contribution in [3.05, 3.63) is 40.2 Å². The molecule has 6 nitrogen and oxygen atoms in total. The van der Waals surface area contributed by atoms with Gasteiger partial charge in [0.25, 0.3) is 5.91 Å². The van der Waals surface area contributed by atoms with Gasteiger partial charge in [-0.15, -0.1) is 15.3 Å². The van der Waals surface area contributed by atoms with E-state index in [1.807, 2.05) is 45.9 Å². The Morgan fingerprint density at radius 2 is 2.05 bits per heavy atom. The van der Waals surface area contributed by atoms with E-state index in [0.29, 0.717) is 9.97 Å². The number of rotatable bonds is 3. The molecule has 0 fully saturated rings. The number of fused-ring (bicyclic) bond motifs is 1. The fourth-order valence-electron chi connectivity index (χ4n) is 2.15. The van der Waals surface area contributed by atoms with Crippen molar-refractivity contribution in [1.82, 2.24) is 19.8 Å². The van der Waals surface area contributed by atoms with Crippen LogP contribution in [0.4, 0.5) is 5.69 Å². The van der Waals surface area contributed by atoms with E-state index in [1.165, 1.54) is 11.3 Å². The summed E-state index contributed by atoms with van der Waals surface area (Å²) in [6.07, 6.45) is 0. The highest BCUT2D eigenvalue weighted by atomic mass is 32.1. The minimum absolute atomic E-state index is 0.201. The van der Waals surface area contributed by atoms with Crippen molar-refractivity contribution in [2.45, 2.75) is 33.6 Å². The zero-order valence-electron chi connectivity index (χ0n) is 12.9. The van der Waals surface area contributed by atoms with Crippen molar-refractivity contribution in [3.63, 3.8) is 0 Å². The summed E-state index contributed by atoms with van der Waals surface area (Å²) in [6, 6.07) is 5.83. The van der Waals surface area contributed by atoms with Crippen molar-refractivity contribution in [2.75, 3.05) is 5.32 Å². The Morgan fingerprint density at radius 1 is 1.27 bits per heavy atom. The molecule has 0 aliphatic heterocycles. The number of anilines is 1. The first-order valence-corrected chi connectivity index (χ1v) is 7.88. The van der Waals surface area contributed by atoms with Gasteiger partial charge in [0.05, 0.1) is 0 Å². The van der Waals surface area contributed by atoms with Crippen LogP contribution in [-0.2, 0) is 0 Å². The van der Waals surface area contributed by atoms with E-state index < -0.39 is 0 Å². The number of nitrogens with zero attached hydrogens (tertiary/aromatic N) is 4. The molecule has 3 rings (SSSR count). The second-order valence-corrected chi connectivity index (χ2v) is 6.47. The third kappa shape index (κ3) is 2.48. The lowest BCUT2D eigenvalue weighted by molar-refractivity contribution is 0.102. The predicted octanol–water partition coefficient (Wildman–Crippen LogP) is 3.18. The molecule has 0 saturated heterocycles. The highest BCUT2D eigenvalue weighted by Gasteiger charge is 2.18. The monoisotopic (exact) mass is 315 g/mol. The van der Waals surface area contributed by atoms with Crippen LogP contribution in [0.15, 0.2) is 18.2 Å². The van der Waals surface area contributed by atoms with Gasteiger partial charge in [0.1, 0.15) is 0 Å². The molecule has 1 amide bonds. The summed E-state index contributed by atoms with van der Waals surface area (Å²) < 4.78 is 1.65. The number of aryl methyl sites for hydroxylation is 1. The number of hydrogen-bond acceptors (Lipinski definition) is 5. The number of hydrogen-bond donors (Lipinski definition) is 1. The van der Waals surface area contributed by atoms with Gasteiger partial charge >= 0.3 is 0 Å². The number of benzene rings is 1. The van der Waals surface area contributed by atoms with E-state index in [2.05, 4.69) is 20.6 Å². The van der Waals surface area contributed by atoms with Crippen molar-refractivity contribution < 1.29 is 4.79 Å². The van der Waals surface area contributed by atoms with Crippen molar-refractivity contribution in [2.24, 2.45) is 0 Å². The van der Waals surface area contributed by atoms with Crippen LogP contribution in [-0.4, -0.2) is 25.7 Å². The minimum Gasteiger partial charge on any atom is -0.320 e. The van der Waals surface area contributed by atoms with Crippen LogP contribution in [0.5, 0.6) is 0 Å².